The molecule has 0 radical (unpaired) electrons. The third-order valence-electron chi connectivity index (χ3n) is 3.28. The van der Waals surface area contributed by atoms with Gasteiger partial charge in [0.25, 0.3) is 0 Å². The van der Waals surface area contributed by atoms with E-state index in [1.165, 1.54) is 12.5 Å². The molecule has 0 spiro atoms. The lowest BCUT2D eigenvalue weighted by Crippen LogP contribution is -2.38. The van der Waals surface area contributed by atoms with Crippen molar-refractivity contribution in [2.75, 3.05) is 7.11 Å². The summed E-state index contributed by atoms with van der Waals surface area (Å²) in [6.07, 6.45) is 4.07. The summed E-state index contributed by atoms with van der Waals surface area (Å²) < 4.78 is 5.10. The number of hydrogen-bond acceptors (Lipinski definition) is 3. The first kappa shape index (κ1) is 17.0. The fourth-order valence-electron chi connectivity index (χ4n) is 1.96. The Morgan fingerprint density at radius 2 is 1.86 bits per heavy atom. The van der Waals surface area contributed by atoms with Gasteiger partial charge in [-0.3, -0.25) is 9.59 Å². The maximum atomic E-state index is 11.5. The first-order valence-electron chi connectivity index (χ1n) is 7.18. The lowest BCUT2D eigenvalue weighted by molar-refractivity contribution is -0.141. The maximum Gasteiger partial charge on any atom is 0.325 e. The standard InChI is InChI=1S/C16H23NO4/c1-12(16(19)20)17-15(18)7-5-3-4-6-13-8-10-14(21-2)11-9-13/h8-12H,3-7H2,1-2H3,(H,17,18)(H,19,20)/t12-/m1/s1. The predicted molar refractivity (Wildman–Crippen MR) is 80.4 cm³/mol. The summed E-state index contributed by atoms with van der Waals surface area (Å²) in [7, 11) is 1.64. The zero-order chi connectivity index (χ0) is 15.7. The van der Waals surface area contributed by atoms with Gasteiger partial charge in [0.2, 0.25) is 5.91 Å². The van der Waals surface area contributed by atoms with Gasteiger partial charge in [-0.25, -0.2) is 0 Å². The SMILES string of the molecule is COc1ccc(CCCCCC(=O)N[C@H](C)C(=O)O)cc1. The third-order valence-corrected chi connectivity index (χ3v) is 3.28. The molecular formula is C16H23NO4. The molecule has 0 aliphatic heterocycles. The van der Waals surface area contributed by atoms with Crippen LogP contribution in [-0.2, 0) is 16.0 Å². The van der Waals surface area contributed by atoms with E-state index in [4.69, 9.17) is 9.84 Å². The first-order valence-corrected chi connectivity index (χ1v) is 7.18. The van der Waals surface area contributed by atoms with Crippen LogP contribution in [-0.4, -0.2) is 30.1 Å². The molecule has 2 N–H and O–H groups in total. The van der Waals surface area contributed by atoms with Crippen LogP contribution < -0.4 is 10.1 Å². The van der Waals surface area contributed by atoms with Crippen LogP contribution in [0.3, 0.4) is 0 Å². The molecule has 0 fully saturated rings. The van der Waals surface area contributed by atoms with E-state index < -0.39 is 12.0 Å². The van der Waals surface area contributed by atoms with E-state index in [0.717, 1.165) is 31.4 Å². The molecule has 1 atom stereocenters. The second-order valence-corrected chi connectivity index (χ2v) is 5.04. The molecule has 5 heteroatoms. The number of carbonyl (C=O) groups excluding carboxylic acids is 1. The third kappa shape index (κ3) is 6.79. The largest absolute Gasteiger partial charge is 0.497 e. The molecule has 0 aromatic heterocycles. The average molecular weight is 293 g/mol. The number of amides is 1. The van der Waals surface area contributed by atoms with Crippen molar-refractivity contribution >= 4 is 11.9 Å². The summed E-state index contributed by atoms with van der Waals surface area (Å²) in [4.78, 5) is 22.1. The highest BCUT2D eigenvalue weighted by Gasteiger charge is 2.13. The molecule has 0 aliphatic carbocycles. The van der Waals surface area contributed by atoms with Crippen molar-refractivity contribution in [3.8, 4) is 5.75 Å². The normalized spacial score (nSPS) is 11.7. The quantitative estimate of drug-likeness (QED) is 0.685. The molecule has 0 unspecified atom stereocenters. The zero-order valence-corrected chi connectivity index (χ0v) is 12.6. The Morgan fingerprint density at radius 1 is 1.19 bits per heavy atom. The van der Waals surface area contributed by atoms with Crippen LogP contribution in [0.4, 0.5) is 0 Å². The van der Waals surface area contributed by atoms with Crippen LogP contribution in [0.15, 0.2) is 24.3 Å². The molecule has 0 saturated heterocycles. The number of nitrogens with one attached hydrogen (secondary N) is 1. The number of hydrogen-bond donors (Lipinski definition) is 2. The average Bonchev–Trinajstić information content (AvgIpc) is 2.47. The van der Waals surface area contributed by atoms with Gasteiger partial charge in [0.05, 0.1) is 7.11 Å². The van der Waals surface area contributed by atoms with E-state index in [9.17, 15) is 9.59 Å². The summed E-state index contributed by atoms with van der Waals surface area (Å²) in [6, 6.07) is 7.14. The number of carboxylic acid groups (broad SMARTS) is 1. The van der Waals surface area contributed by atoms with Gasteiger partial charge in [-0.1, -0.05) is 18.6 Å². The van der Waals surface area contributed by atoms with Crippen LogP contribution in [0, 0.1) is 0 Å². The number of aliphatic carboxylic acids is 1. The van der Waals surface area contributed by atoms with Gasteiger partial charge in [0.1, 0.15) is 11.8 Å². The molecule has 0 saturated carbocycles. The van der Waals surface area contributed by atoms with Crippen LogP contribution in [0.5, 0.6) is 5.75 Å². The van der Waals surface area contributed by atoms with Crippen LogP contribution in [0.25, 0.3) is 0 Å². The zero-order valence-electron chi connectivity index (χ0n) is 12.6. The Bertz CT molecular complexity index is 456. The summed E-state index contributed by atoms with van der Waals surface area (Å²) in [5.41, 5.74) is 1.25. The van der Waals surface area contributed by atoms with Crippen LogP contribution in [0.1, 0.15) is 38.2 Å². The van der Waals surface area contributed by atoms with Gasteiger partial charge in [-0.2, -0.15) is 0 Å². The minimum atomic E-state index is -1.01. The Labute approximate surface area is 125 Å². The highest BCUT2D eigenvalue weighted by atomic mass is 16.5. The topological polar surface area (TPSA) is 75.6 Å². The van der Waals surface area contributed by atoms with Gasteiger partial charge in [-0.05, 0) is 43.9 Å². The van der Waals surface area contributed by atoms with Crippen molar-refractivity contribution in [1.29, 1.82) is 0 Å². The highest BCUT2D eigenvalue weighted by molar-refractivity contribution is 5.83. The molecule has 21 heavy (non-hydrogen) atoms. The van der Waals surface area contributed by atoms with E-state index in [0.29, 0.717) is 6.42 Å². The number of carbonyl (C=O) groups is 2. The van der Waals surface area contributed by atoms with E-state index in [-0.39, 0.29) is 5.91 Å². The van der Waals surface area contributed by atoms with Crippen molar-refractivity contribution in [3.63, 3.8) is 0 Å². The van der Waals surface area contributed by atoms with Gasteiger partial charge < -0.3 is 15.2 Å². The molecule has 1 amide bonds. The van der Waals surface area contributed by atoms with Crippen molar-refractivity contribution in [3.05, 3.63) is 29.8 Å². The lowest BCUT2D eigenvalue weighted by Gasteiger charge is -2.09. The monoisotopic (exact) mass is 293 g/mol. The minimum Gasteiger partial charge on any atom is -0.497 e. The second-order valence-electron chi connectivity index (χ2n) is 5.04. The van der Waals surface area contributed by atoms with E-state index >= 15 is 0 Å². The molecule has 1 rings (SSSR count). The molecule has 0 bridgehead atoms. The number of rotatable bonds is 9. The lowest BCUT2D eigenvalue weighted by atomic mass is 10.1. The number of methoxy groups -OCH3 is 1. The number of carboxylic acids is 1. The number of benzene rings is 1. The molecule has 5 nitrogen and oxygen atoms in total. The van der Waals surface area contributed by atoms with Crippen LogP contribution in [0.2, 0.25) is 0 Å². The molecule has 1 aromatic carbocycles. The summed E-state index contributed by atoms with van der Waals surface area (Å²) >= 11 is 0. The summed E-state index contributed by atoms with van der Waals surface area (Å²) in [6.45, 7) is 1.46. The molecular weight excluding hydrogens is 270 g/mol. The second kappa shape index (κ2) is 9.00. The number of ether oxygens (including phenoxy) is 1. The number of unbranched alkanes of at least 4 members (excludes halogenated alkanes) is 2. The Hall–Kier alpha value is -2.04. The molecule has 0 aliphatic rings. The molecule has 0 heterocycles. The summed E-state index contributed by atoms with van der Waals surface area (Å²) in [5, 5.41) is 11.1. The van der Waals surface area contributed by atoms with Gasteiger partial charge in [0.15, 0.2) is 0 Å². The molecule has 1 aromatic rings. The summed E-state index contributed by atoms with van der Waals surface area (Å²) in [5.74, 6) is -0.361. The predicted octanol–water partition coefficient (Wildman–Crippen LogP) is 2.39. The van der Waals surface area contributed by atoms with Crippen molar-refractivity contribution < 1.29 is 19.4 Å². The van der Waals surface area contributed by atoms with E-state index in [1.54, 1.807) is 7.11 Å². The maximum absolute atomic E-state index is 11.5. The Morgan fingerprint density at radius 3 is 2.43 bits per heavy atom. The smallest absolute Gasteiger partial charge is 0.325 e. The van der Waals surface area contributed by atoms with Crippen LogP contribution >= 0.6 is 0 Å². The highest BCUT2D eigenvalue weighted by Crippen LogP contribution is 2.13. The van der Waals surface area contributed by atoms with E-state index in [2.05, 4.69) is 5.32 Å². The van der Waals surface area contributed by atoms with Crippen molar-refractivity contribution in [1.82, 2.24) is 5.32 Å². The van der Waals surface area contributed by atoms with E-state index in [1.807, 2.05) is 24.3 Å². The van der Waals surface area contributed by atoms with Crippen molar-refractivity contribution in [2.45, 2.75) is 45.1 Å². The fraction of sp³-hybridized carbons (Fsp3) is 0.500. The van der Waals surface area contributed by atoms with Crippen molar-refractivity contribution in [2.24, 2.45) is 0 Å². The fourth-order valence-corrected chi connectivity index (χ4v) is 1.96. The minimum absolute atomic E-state index is 0.200. The Balaban J connectivity index is 2.13. The van der Waals surface area contributed by atoms with Gasteiger partial charge in [-0.15, -0.1) is 0 Å². The van der Waals surface area contributed by atoms with Gasteiger partial charge in [0, 0.05) is 6.42 Å². The van der Waals surface area contributed by atoms with Gasteiger partial charge >= 0.3 is 5.97 Å². The first-order chi connectivity index (χ1) is 10.0. The number of aryl methyl sites for hydroxylation is 1. The molecule has 116 valence electrons. The Kier molecular flexibility index (Phi) is 7.29.